The van der Waals surface area contributed by atoms with Crippen LogP contribution in [-0.2, 0) is 4.43 Å². The maximum absolute atomic E-state index is 13.7. The van der Waals surface area contributed by atoms with Crippen LogP contribution in [0.4, 0.5) is 8.78 Å². The van der Waals surface area contributed by atoms with Crippen LogP contribution in [0.25, 0.3) is 10.8 Å². The van der Waals surface area contributed by atoms with Gasteiger partial charge in [0.1, 0.15) is 0 Å². The lowest BCUT2D eigenvalue weighted by atomic mass is 10.0. The Morgan fingerprint density at radius 2 is 1.78 bits per heavy atom. The number of benzene rings is 1. The Balaban J connectivity index is 2.01. The van der Waals surface area contributed by atoms with Crippen LogP contribution in [0.2, 0.25) is 18.1 Å². The lowest BCUT2D eigenvalue weighted by molar-refractivity contribution is 0.278. The molecule has 7 heteroatoms. The van der Waals surface area contributed by atoms with Crippen molar-refractivity contribution in [3.05, 3.63) is 45.9 Å². The molecule has 1 atom stereocenters. The molecule has 0 amide bonds. The molecule has 0 saturated heterocycles. The molecule has 1 unspecified atom stereocenters. The molecule has 2 rings (SSSR count). The van der Waals surface area contributed by atoms with Gasteiger partial charge in [-0.15, -0.1) is 0 Å². The molecule has 0 bridgehead atoms. The average molecular weight is 397 g/mol. The zero-order valence-electron chi connectivity index (χ0n) is 17.0. The Kier molecular flexibility index (Phi) is 6.60. The summed E-state index contributed by atoms with van der Waals surface area (Å²) < 4.78 is 33.3. The molecule has 0 saturated carbocycles. The minimum atomic E-state index is -1.74. The Hall–Kier alpha value is -1.57. The first-order valence-electron chi connectivity index (χ1n) is 9.32. The maximum atomic E-state index is 13.7. The first-order chi connectivity index (χ1) is 12.4. The highest BCUT2D eigenvalue weighted by Gasteiger charge is 2.36. The van der Waals surface area contributed by atoms with E-state index in [1.165, 1.54) is 0 Å². The molecule has 0 aliphatic heterocycles. The minimum absolute atomic E-state index is 0.123. The van der Waals surface area contributed by atoms with E-state index < -0.39 is 25.5 Å². The summed E-state index contributed by atoms with van der Waals surface area (Å²) in [5.41, 5.74) is 0.302. The van der Waals surface area contributed by atoms with Crippen molar-refractivity contribution in [1.82, 2.24) is 10.3 Å². The topological polar surface area (TPSA) is 54.1 Å². The number of H-pyrrole nitrogens is 1. The van der Waals surface area contributed by atoms with Crippen LogP contribution in [0.1, 0.15) is 45.7 Å². The van der Waals surface area contributed by atoms with E-state index in [9.17, 15) is 13.6 Å². The van der Waals surface area contributed by atoms with E-state index in [4.69, 9.17) is 4.43 Å². The third-order valence-corrected chi connectivity index (χ3v) is 10.0. The third-order valence-electron chi connectivity index (χ3n) is 5.48. The van der Waals surface area contributed by atoms with Crippen LogP contribution in [0, 0.1) is 11.6 Å². The predicted molar refractivity (Wildman–Crippen MR) is 109 cm³/mol. The van der Waals surface area contributed by atoms with Gasteiger partial charge in [0.05, 0.1) is 5.39 Å². The number of pyridine rings is 1. The number of aromatic amines is 1. The average Bonchev–Trinajstić information content (AvgIpc) is 2.55. The fraction of sp³-hybridized carbons (Fsp3) is 0.550. The fourth-order valence-electron chi connectivity index (χ4n) is 2.68. The smallest absolute Gasteiger partial charge is 0.255 e. The van der Waals surface area contributed by atoms with Gasteiger partial charge in [-0.25, -0.2) is 8.78 Å². The van der Waals surface area contributed by atoms with Crippen LogP contribution in [0.5, 0.6) is 0 Å². The Morgan fingerprint density at radius 3 is 2.37 bits per heavy atom. The van der Waals surface area contributed by atoms with Gasteiger partial charge in [0.2, 0.25) is 0 Å². The molecule has 2 N–H and O–H groups in total. The van der Waals surface area contributed by atoms with Crippen LogP contribution < -0.4 is 10.9 Å². The Bertz CT molecular complexity index is 859. The monoisotopic (exact) mass is 396 g/mol. The largest absolute Gasteiger partial charge is 0.417 e. The van der Waals surface area contributed by atoms with Crippen LogP contribution in [-0.4, -0.2) is 26.5 Å². The number of nitrogens with one attached hydrogen (secondary N) is 2. The normalized spacial score (nSPS) is 13.9. The molecule has 1 aromatic heterocycles. The van der Waals surface area contributed by atoms with Crippen molar-refractivity contribution in [1.29, 1.82) is 0 Å². The molecule has 0 aliphatic carbocycles. The lowest BCUT2D eigenvalue weighted by Gasteiger charge is -2.36. The minimum Gasteiger partial charge on any atom is -0.417 e. The van der Waals surface area contributed by atoms with Crippen molar-refractivity contribution < 1.29 is 13.2 Å². The molecule has 0 aliphatic rings. The summed E-state index contributed by atoms with van der Waals surface area (Å²) in [7, 11) is -1.74. The van der Waals surface area contributed by atoms with E-state index in [2.05, 4.69) is 44.2 Å². The van der Waals surface area contributed by atoms with Gasteiger partial charge in [-0.05, 0) is 61.1 Å². The van der Waals surface area contributed by atoms with Gasteiger partial charge in [-0.1, -0.05) is 20.8 Å². The van der Waals surface area contributed by atoms with Gasteiger partial charge < -0.3 is 14.7 Å². The van der Waals surface area contributed by atoms with Crippen molar-refractivity contribution in [3.8, 4) is 0 Å². The number of halogens is 2. The summed E-state index contributed by atoms with van der Waals surface area (Å²) in [6, 6.07) is 1.92. The van der Waals surface area contributed by atoms with Gasteiger partial charge in [-0.2, -0.15) is 0 Å². The van der Waals surface area contributed by atoms with Crippen LogP contribution >= 0.6 is 0 Å². The summed E-state index contributed by atoms with van der Waals surface area (Å²) in [4.78, 5) is 14.5. The SMILES string of the molecule is CC(NCCCO[Si](C)(C)C(C)(C)C)c1c[nH]c(=O)c2cc(F)c(F)cc12. The molecular weight excluding hydrogens is 366 g/mol. The first-order valence-corrected chi connectivity index (χ1v) is 12.2. The van der Waals surface area contributed by atoms with Crippen LogP contribution in [0.15, 0.2) is 23.1 Å². The lowest BCUT2D eigenvalue weighted by Crippen LogP contribution is -2.41. The third kappa shape index (κ3) is 5.03. The van der Waals surface area contributed by atoms with Gasteiger partial charge in [0, 0.05) is 18.8 Å². The van der Waals surface area contributed by atoms with Crippen molar-refractivity contribution in [3.63, 3.8) is 0 Å². The Morgan fingerprint density at radius 1 is 1.19 bits per heavy atom. The van der Waals surface area contributed by atoms with Crippen molar-refractivity contribution in [2.45, 2.75) is 58.3 Å². The summed E-state index contributed by atoms with van der Waals surface area (Å²) in [5.74, 6) is -1.97. The van der Waals surface area contributed by atoms with Gasteiger partial charge in [0.25, 0.3) is 5.56 Å². The zero-order valence-corrected chi connectivity index (χ0v) is 18.0. The van der Waals surface area contributed by atoms with E-state index in [-0.39, 0.29) is 16.5 Å². The highest BCUT2D eigenvalue weighted by molar-refractivity contribution is 6.74. The first kappa shape index (κ1) is 21.7. The number of fused-ring (bicyclic) bond motifs is 1. The number of hydrogen-bond acceptors (Lipinski definition) is 3. The maximum Gasteiger partial charge on any atom is 0.255 e. The number of rotatable bonds is 7. The standard InChI is InChI=1S/C20H30F2N2O2Si/c1-13(23-8-7-9-26-27(5,6)20(2,3)4)16-12-24-19(25)15-11-18(22)17(21)10-14(15)16/h10-13,23H,7-9H2,1-6H3,(H,24,25). The van der Waals surface area contributed by atoms with Crippen molar-refractivity contribution >= 4 is 19.1 Å². The van der Waals surface area contributed by atoms with Crippen molar-refractivity contribution in [2.75, 3.05) is 13.2 Å². The molecule has 0 radical (unpaired) electrons. The summed E-state index contributed by atoms with van der Waals surface area (Å²) in [5, 5.41) is 4.13. The van der Waals surface area contributed by atoms with Crippen molar-refractivity contribution in [2.24, 2.45) is 0 Å². The molecule has 0 fully saturated rings. The molecule has 2 aromatic rings. The summed E-state index contributed by atoms with van der Waals surface area (Å²) in [6.07, 6.45) is 2.41. The molecule has 4 nitrogen and oxygen atoms in total. The molecule has 150 valence electrons. The Labute approximate surface area is 160 Å². The van der Waals surface area contributed by atoms with Gasteiger partial charge >= 0.3 is 0 Å². The number of hydrogen-bond donors (Lipinski definition) is 2. The second-order valence-electron chi connectivity index (χ2n) is 8.52. The second kappa shape index (κ2) is 8.20. The van der Waals surface area contributed by atoms with E-state index in [0.29, 0.717) is 12.0 Å². The highest BCUT2D eigenvalue weighted by atomic mass is 28.4. The second-order valence-corrected chi connectivity index (χ2v) is 13.3. The summed E-state index contributed by atoms with van der Waals surface area (Å²) in [6.45, 7) is 14.4. The van der Waals surface area contributed by atoms with E-state index in [0.717, 1.165) is 30.7 Å². The fourth-order valence-corrected chi connectivity index (χ4v) is 3.76. The van der Waals surface area contributed by atoms with Gasteiger partial charge in [-0.3, -0.25) is 4.79 Å². The highest BCUT2D eigenvalue weighted by Crippen LogP contribution is 2.36. The quantitative estimate of drug-likeness (QED) is 0.519. The van der Waals surface area contributed by atoms with E-state index in [1.54, 1.807) is 6.20 Å². The predicted octanol–water partition coefficient (Wildman–Crippen LogP) is 4.87. The van der Waals surface area contributed by atoms with Gasteiger partial charge in [0.15, 0.2) is 20.0 Å². The molecule has 1 heterocycles. The molecular formula is C20H30F2N2O2Si. The molecule has 27 heavy (non-hydrogen) atoms. The summed E-state index contributed by atoms with van der Waals surface area (Å²) >= 11 is 0. The number of aromatic nitrogens is 1. The zero-order chi connectivity index (χ0) is 20.4. The van der Waals surface area contributed by atoms with E-state index in [1.807, 2.05) is 6.92 Å². The molecule has 0 spiro atoms. The van der Waals surface area contributed by atoms with Crippen LogP contribution in [0.3, 0.4) is 0 Å². The molecule has 1 aromatic carbocycles. The van der Waals surface area contributed by atoms with E-state index >= 15 is 0 Å².